The maximum atomic E-state index is 5.42. The van der Waals surface area contributed by atoms with Gasteiger partial charge in [-0.15, -0.1) is 0 Å². The van der Waals surface area contributed by atoms with Gasteiger partial charge in [0.2, 0.25) is 0 Å². The summed E-state index contributed by atoms with van der Waals surface area (Å²) in [5.41, 5.74) is 0. The van der Waals surface area contributed by atoms with Crippen molar-refractivity contribution in [3.63, 3.8) is 0 Å². The Hall–Kier alpha value is -0.830. The number of aryl methyl sites for hydroxylation is 1. The van der Waals surface area contributed by atoms with Crippen molar-refractivity contribution >= 4 is 0 Å². The highest BCUT2D eigenvalue weighted by molar-refractivity contribution is 5.04. The second-order valence-corrected chi connectivity index (χ2v) is 2.97. The summed E-state index contributed by atoms with van der Waals surface area (Å²) in [4.78, 5) is 4.07. The van der Waals surface area contributed by atoms with Crippen molar-refractivity contribution in [3.8, 4) is 0 Å². The van der Waals surface area contributed by atoms with Crippen molar-refractivity contribution in [3.05, 3.63) is 17.8 Å². The SMILES string of the molecule is Cc1ncc(C2CCNC2)o1. The van der Waals surface area contributed by atoms with Gasteiger partial charge in [0.1, 0.15) is 5.76 Å². The molecule has 1 aromatic rings. The van der Waals surface area contributed by atoms with Crippen molar-refractivity contribution in [1.29, 1.82) is 0 Å². The zero-order chi connectivity index (χ0) is 7.68. The molecule has 0 bridgehead atoms. The van der Waals surface area contributed by atoms with Gasteiger partial charge in [-0.1, -0.05) is 0 Å². The molecule has 60 valence electrons. The van der Waals surface area contributed by atoms with E-state index in [-0.39, 0.29) is 0 Å². The van der Waals surface area contributed by atoms with Gasteiger partial charge >= 0.3 is 0 Å². The maximum absolute atomic E-state index is 5.42. The number of hydrogen-bond acceptors (Lipinski definition) is 3. The van der Waals surface area contributed by atoms with Crippen molar-refractivity contribution in [2.24, 2.45) is 0 Å². The van der Waals surface area contributed by atoms with Gasteiger partial charge in [-0.2, -0.15) is 0 Å². The summed E-state index contributed by atoms with van der Waals surface area (Å²) in [6, 6.07) is 0. The molecule has 0 radical (unpaired) electrons. The number of rotatable bonds is 1. The van der Waals surface area contributed by atoms with E-state index in [2.05, 4.69) is 10.3 Å². The van der Waals surface area contributed by atoms with E-state index in [4.69, 9.17) is 4.42 Å². The molecule has 0 aliphatic carbocycles. The van der Waals surface area contributed by atoms with Gasteiger partial charge < -0.3 is 9.73 Å². The van der Waals surface area contributed by atoms with Crippen molar-refractivity contribution in [1.82, 2.24) is 10.3 Å². The normalized spacial score (nSPS) is 24.3. The minimum Gasteiger partial charge on any atom is -0.446 e. The molecule has 1 N–H and O–H groups in total. The topological polar surface area (TPSA) is 38.1 Å². The first-order chi connectivity index (χ1) is 5.36. The summed E-state index contributed by atoms with van der Waals surface area (Å²) in [6.45, 7) is 4.02. The Morgan fingerprint density at radius 1 is 1.73 bits per heavy atom. The van der Waals surface area contributed by atoms with E-state index in [0.29, 0.717) is 5.92 Å². The third-order valence-corrected chi connectivity index (χ3v) is 2.10. The first kappa shape index (κ1) is 6.85. The molecule has 11 heavy (non-hydrogen) atoms. The smallest absolute Gasteiger partial charge is 0.191 e. The fraction of sp³-hybridized carbons (Fsp3) is 0.625. The van der Waals surface area contributed by atoms with Gasteiger partial charge in [-0.05, 0) is 13.0 Å². The second kappa shape index (κ2) is 2.66. The fourth-order valence-corrected chi connectivity index (χ4v) is 1.46. The Balaban J connectivity index is 2.15. The second-order valence-electron chi connectivity index (χ2n) is 2.97. The summed E-state index contributed by atoms with van der Waals surface area (Å²) in [6.07, 6.45) is 3.02. The number of oxazole rings is 1. The molecule has 1 fully saturated rings. The van der Waals surface area contributed by atoms with E-state index in [0.717, 1.165) is 24.7 Å². The van der Waals surface area contributed by atoms with Crippen LogP contribution in [0, 0.1) is 6.92 Å². The molecular formula is C8H12N2O. The average Bonchev–Trinajstić information content (AvgIpc) is 2.55. The Labute approximate surface area is 65.8 Å². The summed E-state index contributed by atoms with van der Waals surface area (Å²) >= 11 is 0. The fourth-order valence-electron chi connectivity index (χ4n) is 1.46. The van der Waals surface area contributed by atoms with Crippen LogP contribution in [-0.2, 0) is 0 Å². The summed E-state index contributed by atoms with van der Waals surface area (Å²) in [5.74, 6) is 2.36. The minimum atomic E-state index is 0.552. The highest BCUT2D eigenvalue weighted by Crippen LogP contribution is 2.22. The van der Waals surface area contributed by atoms with E-state index in [1.165, 1.54) is 6.42 Å². The van der Waals surface area contributed by atoms with Crippen molar-refractivity contribution in [2.75, 3.05) is 13.1 Å². The van der Waals surface area contributed by atoms with Crippen LogP contribution in [0.5, 0.6) is 0 Å². The van der Waals surface area contributed by atoms with E-state index in [1.807, 2.05) is 13.1 Å². The van der Waals surface area contributed by atoms with Crippen LogP contribution in [0.2, 0.25) is 0 Å². The number of nitrogens with one attached hydrogen (secondary N) is 1. The standard InChI is InChI=1S/C8H12N2O/c1-6-10-5-8(11-6)7-2-3-9-4-7/h5,7,9H,2-4H2,1H3. The minimum absolute atomic E-state index is 0.552. The lowest BCUT2D eigenvalue weighted by Gasteiger charge is -2.00. The molecule has 3 heteroatoms. The molecule has 1 saturated heterocycles. The monoisotopic (exact) mass is 152 g/mol. The summed E-state index contributed by atoms with van der Waals surface area (Å²) in [5, 5.41) is 3.29. The Kier molecular flexibility index (Phi) is 1.66. The van der Waals surface area contributed by atoms with Crippen LogP contribution >= 0.6 is 0 Å². The van der Waals surface area contributed by atoms with E-state index < -0.39 is 0 Å². The molecule has 0 saturated carbocycles. The molecule has 1 atom stereocenters. The van der Waals surface area contributed by atoms with Crippen LogP contribution in [0.25, 0.3) is 0 Å². The first-order valence-corrected chi connectivity index (χ1v) is 3.99. The molecular weight excluding hydrogens is 140 g/mol. The molecule has 1 unspecified atom stereocenters. The predicted octanol–water partition coefficient (Wildman–Crippen LogP) is 1.06. The summed E-state index contributed by atoms with van der Waals surface area (Å²) < 4.78 is 5.42. The highest BCUT2D eigenvalue weighted by atomic mass is 16.4. The van der Waals surface area contributed by atoms with Gasteiger partial charge in [0.05, 0.1) is 6.20 Å². The van der Waals surface area contributed by atoms with Crippen molar-refractivity contribution < 1.29 is 4.42 Å². The van der Waals surface area contributed by atoms with Crippen molar-refractivity contribution in [2.45, 2.75) is 19.3 Å². The molecule has 1 aromatic heterocycles. The van der Waals surface area contributed by atoms with Crippen LogP contribution in [0.1, 0.15) is 24.0 Å². The number of hydrogen-bond donors (Lipinski definition) is 1. The first-order valence-electron chi connectivity index (χ1n) is 3.99. The predicted molar refractivity (Wildman–Crippen MR) is 41.5 cm³/mol. The number of aromatic nitrogens is 1. The Morgan fingerprint density at radius 2 is 2.64 bits per heavy atom. The van der Waals surface area contributed by atoms with E-state index >= 15 is 0 Å². The lowest BCUT2D eigenvalue weighted by Crippen LogP contribution is -2.07. The van der Waals surface area contributed by atoms with Gasteiger partial charge in [0.25, 0.3) is 0 Å². The zero-order valence-electron chi connectivity index (χ0n) is 6.63. The molecule has 3 nitrogen and oxygen atoms in total. The Morgan fingerprint density at radius 3 is 3.18 bits per heavy atom. The van der Waals surface area contributed by atoms with Gasteiger partial charge in [0.15, 0.2) is 5.89 Å². The molecule has 2 heterocycles. The van der Waals surface area contributed by atoms with Gasteiger partial charge in [0, 0.05) is 19.4 Å². The van der Waals surface area contributed by atoms with Crippen LogP contribution in [0.3, 0.4) is 0 Å². The van der Waals surface area contributed by atoms with Gasteiger partial charge in [-0.25, -0.2) is 4.98 Å². The molecule has 0 aromatic carbocycles. The van der Waals surface area contributed by atoms with E-state index in [1.54, 1.807) is 0 Å². The Bertz CT molecular complexity index is 238. The quantitative estimate of drug-likeness (QED) is 0.654. The van der Waals surface area contributed by atoms with Crippen LogP contribution < -0.4 is 5.32 Å². The van der Waals surface area contributed by atoms with E-state index in [9.17, 15) is 0 Å². The van der Waals surface area contributed by atoms with Crippen LogP contribution in [0.15, 0.2) is 10.6 Å². The van der Waals surface area contributed by atoms with Crippen LogP contribution in [-0.4, -0.2) is 18.1 Å². The molecule has 1 aliphatic rings. The molecule has 2 rings (SSSR count). The third kappa shape index (κ3) is 1.28. The van der Waals surface area contributed by atoms with Gasteiger partial charge in [-0.3, -0.25) is 0 Å². The molecule has 0 amide bonds. The maximum Gasteiger partial charge on any atom is 0.191 e. The highest BCUT2D eigenvalue weighted by Gasteiger charge is 2.19. The lowest BCUT2D eigenvalue weighted by atomic mass is 10.1. The summed E-state index contributed by atoms with van der Waals surface area (Å²) in [7, 11) is 0. The third-order valence-electron chi connectivity index (χ3n) is 2.10. The molecule has 0 spiro atoms. The zero-order valence-corrected chi connectivity index (χ0v) is 6.63. The molecule has 1 aliphatic heterocycles. The number of nitrogens with zero attached hydrogens (tertiary/aromatic N) is 1. The van der Waals surface area contributed by atoms with Crippen LogP contribution in [0.4, 0.5) is 0 Å². The largest absolute Gasteiger partial charge is 0.446 e. The average molecular weight is 152 g/mol. The lowest BCUT2D eigenvalue weighted by molar-refractivity contribution is 0.446.